The quantitative estimate of drug-likeness (QED) is 0.449. The second-order valence-electron chi connectivity index (χ2n) is 7.09. The largest absolute Gasteiger partial charge is 0.355 e. The zero-order chi connectivity index (χ0) is 19.7. The number of rotatable bonds is 11. The average molecular weight is 362 g/mol. The maximum atomic E-state index is 6.05. The van der Waals surface area contributed by atoms with Gasteiger partial charge in [-0.2, -0.15) is 0 Å². The van der Waals surface area contributed by atoms with E-state index in [4.69, 9.17) is 5.73 Å². The maximum Gasteiger partial charge on any atom is 0.131 e. The smallest absolute Gasteiger partial charge is 0.131 e. The third kappa shape index (κ3) is 5.71. The fourth-order valence-electron chi connectivity index (χ4n) is 3.45. The number of allylic oxidation sites excluding steroid dienone is 3. The normalized spacial score (nSPS) is 20.3. The molecule has 1 heterocycles. The molecule has 0 aromatic carbocycles. The zero-order valence-corrected chi connectivity index (χ0v) is 17.7. The van der Waals surface area contributed by atoms with Crippen LogP contribution in [0.4, 0.5) is 0 Å². The maximum absolute atomic E-state index is 6.05. The molecule has 1 aliphatic rings. The molecule has 0 spiro atoms. The number of aliphatic imine (C=N–C) groups is 1. The van der Waals surface area contributed by atoms with Gasteiger partial charge >= 0.3 is 0 Å². The van der Waals surface area contributed by atoms with Crippen molar-refractivity contribution in [2.45, 2.75) is 65.0 Å². The fourth-order valence-corrected chi connectivity index (χ4v) is 3.45. The van der Waals surface area contributed by atoms with E-state index in [0.29, 0.717) is 18.6 Å². The molecule has 0 bridgehead atoms. The number of nitrogens with zero attached hydrogens (tertiary/aromatic N) is 4. The molecule has 0 radical (unpaired) electrons. The Bertz CT molecular complexity index is 535. The summed E-state index contributed by atoms with van der Waals surface area (Å²) >= 11 is 0. The monoisotopic (exact) mass is 361 g/mol. The first-order valence-corrected chi connectivity index (χ1v) is 9.83. The Hall–Kier alpha value is -1.59. The first kappa shape index (κ1) is 22.5. The molecule has 148 valence electrons. The highest BCUT2D eigenvalue weighted by Gasteiger charge is 2.24. The predicted molar refractivity (Wildman–Crippen MR) is 114 cm³/mol. The number of nitrogens with two attached hydrogens (primary N) is 1. The summed E-state index contributed by atoms with van der Waals surface area (Å²) in [6, 6.07) is 0.725. The fraction of sp³-hybridized carbons (Fsp3) is 0.667. The van der Waals surface area contributed by atoms with E-state index in [2.05, 4.69) is 67.6 Å². The van der Waals surface area contributed by atoms with Gasteiger partial charge in [-0.15, -0.1) is 0 Å². The van der Waals surface area contributed by atoms with Gasteiger partial charge in [0.2, 0.25) is 0 Å². The second-order valence-corrected chi connectivity index (χ2v) is 7.09. The van der Waals surface area contributed by atoms with Crippen molar-refractivity contribution < 1.29 is 0 Å². The van der Waals surface area contributed by atoms with Crippen molar-refractivity contribution in [3.8, 4) is 0 Å². The second kappa shape index (κ2) is 11.2. The van der Waals surface area contributed by atoms with Crippen LogP contribution in [-0.2, 0) is 0 Å². The minimum absolute atomic E-state index is 0.311. The van der Waals surface area contributed by atoms with Gasteiger partial charge in [-0.25, -0.2) is 10.0 Å². The van der Waals surface area contributed by atoms with E-state index in [1.54, 1.807) is 0 Å². The van der Waals surface area contributed by atoms with Gasteiger partial charge in [-0.3, -0.25) is 0 Å². The molecule has 2 unspecified atom stereocenters. The topological polar surface area (TPSA) is 48.1 Å². The van der Waals surface area contributed by atoms with Crippen LogP contribution in [0.1, 0.15) is 52.9 Å². The highest BCUT2D eigenvalue weighted by atomic mass is 15.6. The van der Waals surface area contributed by atoms with Crippen LogP contribution >= 0.6 is 0 Å². The van der Waals surface area contributed by atoms with E-state index in [9.17, 15) is 0 Å². The van der Waals surface area contributed by atoms with Crippen molar-refractivity contribution >= 4 is 6.21 Å². The van der Waals surface area contributed by atoms with Crippen molar-refractivity contribution in [2.75, 3.05) is 27.7 Å². The SMILES string of the molecule is C=C/C(CCC1C=C(C)N(C)N1C)=C(\N=C/C)N(C)C(CN)CCCC. The van der Waals surface area contributed by atoms with E-state index in [1.165, 1.54) is 24.1 Å². The lowest BCUT2D eigenvalue weighted by molar-refractivity contribution is 0.0596. The minimum atomic E-state index is 0.311. The van der Waals surface area contributed by atoms with Crippen molar-refractivity contribution in [3.63, 3.8) is 0 Å². The summed E-state index contributed by atoms with van der Waals surface area (Å²) in [7, 11) is 6.36. The first-order valence-electron chi connectivity index (χ1n) is 9.83. The van der Waals surface area contributed by atoms with E-state index >= 15 is 0 Å². The van der Waals surface area contributed by atoms with E-state index in [0.717, 1.165) is 25.1 Å². The summed E-state index contributed by atoms with van der Waals surface area (Å²) in [5, 5.41) is 4.49. The van der Waals surface area contributed by atoms with Crippen LogP contribution in [-0.4, -0.2) is 60.9 Å². The van der Waals surface area contributed by atoms with E-state index in [-0.39, 0.29) is 0 Å². The molecule has 0 aromatic rings. The molecule has 0 saturated carbocycles. The molecule has 0 fully saturated rings. The van der Waals surface area contributed by atoms with E-state index in [1.807, 2.05) is 19.2 Å². The van der Waals surface area contributed by atoms with Gasteiger partial charge in [0.05, 0.1) is 0 Å². The van der Waals surface area contributed by atoms with Crippen molar-refractivity contribution in [1.82, 2.24) is 14.9 Å². The Morgan fingerprint density at radius 2 is 2.15 bits per heavy atom. The number of unbranched alkanes of at least 4 members (excludes halogenated alkanes) is 1. The lowest BCUT2D eigenvalue weighted by Gasteiger charge is -2.31. The third-order valence-electron chi connectivity index (χ3n) is 5.44. The van der Waals surface area contributed by atoms with Crippen LogP contribution in [0.25, 0.3) is 0 Å². The molecule has 0 aliphatic carbocycles. The molecule has 1 aliphatic heterocycles. The number of hydrogen-bond acceptors (Lipinski definition) is 5. The highest BCUT2D eigenvalue weighted by Crippen LogP contribution is 2.26. The Morgan fingerprint density at radius 1 is 1.46 bits per heavy atom. The molecule has 2 atom stereocenters. The molecule has 2 N–H and O–H groups in total. The molecule has 0 aromatic heterocycles. The van der Waals surface area contributed by atoms with Gasteiger partial charge in [0, 0.05) is 51.7 Å². The Morgan fingerprint density at radius 3 is 2.62 bits per heavy atom. The Balaban J connectivity index is 2.96. The van der Waals surface area contributed by atoms with Gasteiger partial charge in [0.25, 0.3) is 0 Å². The predicted octanol–water partition coefficient (Wildman–Crippen LogP) is 3.77. The molecular formula is C21H39N5. The molecule has 1 rings (SSSR count). The lowest BCUT2D eigenvalue weighted by Crippen LogP contribution is -2.38. The Kier molecular flexibility index (Phi) is 9.66. The Labute approximate surface area is 160 Å². The van der Waals surface area contributed by atoms with Crippen LogP contribution in [0, 0.1) is 0 Å². The van der Waals surface area contributed by atoms with Crippen LogP contribution in [0.2, 0.25) is 0 Å². The number of likely N-dealkylation sites (N-methyl/N-ethyl adjacent to an activating group) is 2. The number of hydrogen-bond donors (Lipinski definition) is 1. The van der Waals surface area contributed by atoms with Crippen molar-refractivity contribution in [2.24, 2.45) is 10.7 Å². The van der Waals surface area contributed by atoms with Crippen LogP contribution in [0.3, 0.4) is 0 Å². The van der Waals surface area contributed by atoms with Gasteiger partial charge in [0.1, 0.15) is 5.82 Å². The summed E-state index contributed by atoms with van der Waals surface area (Å²) in [6.07, 6.45) is 11.6. The summed E-state index contributed by atoms with van der Waals surface area (Å²) in [5.41, 5.74) is 8.54. The first-order chi connectivity index (χ1) is 12.4. The zero-order valence-electron chi connectivity index (χ0n) is 17.7. The molecule has 0 saturated heterocycles. The van der Waals surface area contributed by atoms with Crippen molar-refractivity contribution in [1.29, 1.82) is 0 Å². The average Bonchev–Trinajstić information content (AvgIpc) is 2.88. The standard InChI is InChI=1S/C21H39N5/c1-8-11-12-20(16-22)24(5)21(23-10-3)18(9-2)13-14-19-15-17(4)25(6)26(19)7/h9-10,15,19-20H,2,8,11-14,16,22H2,1,3-7H3/b21-18-,23-10-. The lowest BCUT2D eigenvalue weighted by atomic mass is 10.0. The molecule has 26 heavy (non-hydrogen) atoms. The summed E-state index contributed by atoms with van der Waals surface area (Å²) in [4.78, 5) is 6.93. The summed E-state index contributed by atoms with van der Waals surface area (Å²) in [6.45, 7) is 11.0. The number of hydrazine groups is 1. The van der Waals surface area contributed by atoms with Crippen LogP contribution in [0.5, 0.6) is 0 Å². The molecule has 0 amide bonds. The van der Waals surface area contributed by atoms with Gasteiger partial charge in [-0.05, 0) is 44.8 Å². The van der Waals surface area contributed by atoms with Crippen molar-refractivity contribution in [3.05, 3.63) is 35.8 Å². The third-order valence-corrected chi connectivity index (χ3v) is 5.44. The summed E-state index contributed by atoms with van der Waals surface area (Å²) < 4.78 is 0. The highest BCUT2D eigenvalue weighted by molar-refractivity contribution is 5.55. The van der Waals surface area contributed by atoms with Gasteiger partial charge < -0.3 is 15.6 Å². The van der Waals surface area contributed by atoms with E-state index < -0.39 is 0 Å². The molecule has 5 nitrogen and oxygen atoms in total. The van der Waals surface area contributed by atoms with Crippen LogP contribution < -0.4 is 5.73 Å². The molecule has 5 heteroatoms. The minimum Gasteiger partial charge on any atom is -0.355 e. The molecular weight excluding hydrogens is 322 g/mol. The van der Waals surface area contributed by atoms with Crippen LogP contribution in [0.15, 0.2) is 40.8 Å². The van der Waals surface area contributed by atoms with Gasteiger partial charge in [0.15, 0.2) is 0 Å². The summed E-state index contributed by atoms with van der Waals surface area (Å²) in [5.74, 6) is 1.00. The van der Waals surface area contributed by atoms with Gasteiger partial charge in [-0.1, -0.05) is 32.4 Å².